The van der Waals surface area contributed by atoms with Crippen LogP contribution in [0.2, 0.25) is 0 Å². The molecule has 2 N–H and O–H groups in total. The van der Waals surface area contributed by atoms with E-state index in [0.29, 0.717) is 8.95 Å². The molecular weight excluding hydrogens is 404 g/mol. The van der Waals surface area contributed by atoms with Crippen LogP contribution in [0.3, 0.4) is 0 Å². The topological polar surface area (TPSA) is 89.7 Å². The standard InChI is InChI=1S/C10H12Br2N2O4S/c1-14(5-9(15)18-2)19(16,17)10-7(12)3-6(11)4-8(10)13/h3-4H,5,13H2,1-2H3. The number of esters is 1. The normalized spacial score (nSPS) is 11.6. The molecule has 0 radical (unpaired) electrons. The molecule has 0 saturated heterocycles. The Labute approximate surface area is 128 Å². The molecule has 0 aliphatic rings. The molecule has 0 aliphatic heterocycles. The number of benzene rings is 1. The van der Waals surface area contributed by atoms with Gasteiger partial charge in [-0.2, -0.15) is 4.31 Å². The second-order valence-electron chi connectivity index (χ2n) is 3.64. The van der Waals surface area contributed by atoms with E-state index in [9.17, 15) is 13.2 Å². The van der Waals surface area contributed by atoms with Gasteiger partial charge in [0.1, 0.15) is 11.4 Å². The maximum Gasteiger partial charge on any atom is 0.321 e. The molecule has 0 aliphatic carbocycles. The molecule has 1 aromatic carbocycles. The molecule has 0 bridgehead atoms. The predicted octanol–water partition coefficient (Wildman–Crippen LogP) is 1.59. The van der Waals surface area contributed by atoms with E-state index in [1.54, 1.807) is 6.07 Å². The molecule has 0 saturated carbocycles. The fourth-order valence-corrected chi connectivity index (χ4v) is 4.46. The molecule has 9 heteroatoms. The van der Waals surface area contributed by atoms with E-state index in [1.807, 2.05) is 0 Å². The highest BCUT2D eigenvalue weighted by molar-refractivity contribution is 9.11. The van der Waals surface area contributed by atoms with E-state index < -0.39 is 16.0 Å². The van der Waals surface area contributed by atoms with Gasteiger partial charge in [0, 0.05) is 16.0 Å². The summed E-state index contributed by atoms with van der Waals surface area (Å²) in [6.45, 7) is -0.388. The molecule has 0 heterocycles. The van der Waals surface area contributed by atoms with Crippen molar-refractivity contribution in [2.24, 2.45) is 0 Å². The summed E-state index contributed by atoms with van der Waals surface area (Å²) >= 11 is 6.36. The van der Waals surface area contributed by atoms with Crippen LogP contribution in [-0.2, 0) is 19.6 Å². The van der Waals surface area contributed by atoms with Gasteiger partial charge in [0.15, 0.2) is 0 Å². The second-order valence-corrected chi connectivity index (χ2v) is 7.39. The monoisotopic (exact) mass is 414 g/mol. The number of nitrogens with two attached hydrogens (primary N) is 1. The fourth-order valence-electron chi connectivity index (χ4n) is 1.34. The van der Waals surface area contributed by atoms with Gasteiger partial charge in [-0.3, -0.25) is 4.79 Å². The number of sulfonamides is 1. The third kappa shape index (κ3) is 3.68. The maximum absolute atomic E-state index is 12.3. The molecule has 6 nitrogen and oxygen atoms in total. The predicted molar refractivity (Wildman–Crippen MR) is 78.1 cm³/mol. The minimum atomic E-state index is -3.88. The number of rotatable bonds is 4. The molecule has 1 rings (SSSR count). The zero-order valence-corrected chi connectivity index (χ0v) is 14.2. The molecule has 0 aromatic heterocycles. The van der Waals surface area contributed by atoms with Crippen molar-refractivity contribution in [1.82, 2.24) is 4.31 Å². The number of hydrogen-bond donors (Lipinski definition) is 1. The number of likely N-dealkylation sites (N-methyl/N-ethyl adjacent to an activating group) is 1. The first-order valence-corrected chi connectivity index (χ1v) is 8.00. The van der Waals surface area contributed by atoms with Crippen molar-refractivity contribution in [3.8, 4) is 0 Å². The Kier molecular flexibility index (Phi) is 5.36. The third-order valence-electron chi connectivity index (χ3n) is 2.28. The summed E-state index contributed by atoms with van der Waals surface area (Å²) in [7, 11) is -1.42. The van der Waals surface area contributed by atoms with Crippen molar-refractivity contribution >= 4 is 53.5 Å². The Hall–Kier alpha value is -0.640. The largest absolute Gasteiger partial charge is 0.468 e. The quantitative estimate of drug-likeness (QED) is 0.595. The van der Waals surface area contributed by atoms with Crippen molar-refractivity contribution in [1.29, 1.82) is 0 Å². The number of nitrogens with zero attached hydrogens (tertiary/aromatic N) is 1. The van der Waals surface area contributed by atoms with Crippen molar-refractivity contribution in [3.05, 3.63) is 21.1 Å². The van der Waals surface area contributed by atoms with Crippen LogP contribution < -0.4 is 5.73 Å². The summed E-state index contributed by atoms with van der Waals surface area (Å²) in [6.07, 6.45) is 0. The minimum Gasteiger partial charge on any atom is -0.468 e. The van der Waals surface area contributed by atoms with E-state index in [0.717, 1.165) is 4.31 Å². The third-order valence-corrected chi connectivity index (χ3v) is 5.55. The summed E-state index contributed by atoms with van der Waals surface area (Å²) in [4.78, 5) is 11.1. The molecule has 0 atom stereocenters. The minimum absolute atomic E-state index is 0.0814. The van der Waals surface area contributed by atoms with Gasteiger partial charge < -0.3 is 10.5 Å². The van der Waals surface area contributed by atoms with E-state index >= 15 is 0 Å². The molecule has 0 spiro atoms. The highest BCUT2D eigenvalue weighted by Gasteiger charge is 2.28. The van der Waals surface area contributed by atoms with Gasteiger partial charge in [-0.1, -0.05) is 15.9 Å². The lowest BCUT2D eigenvalue weighted by molar-refractivity contribution is -0.140. The van der Waals surface area contributed by atoms with E-state index in [1.165, 1.54) is 20.2 Å². The summed E-state index contributed by atoms with van der Waals surface area (Å²) < 4.78 is 30.9. The Bertz CT molecular complexity index is 581. The van der Waals surface area contributed by atoms with E-state index in [2.05, 4.69) is 36.6 Å². The first kappa shape index (κ1) is 16.4. The number of carbonyl (C=O) groups excluding carboxylic acids is 1. The lowest BCUT2D eigenvalue weighted by Crippen LogP contribution is -2.33. The fraction of sp³-hybridized carbons (Fsp3) is 0.300. The molecule has 0 amide bonds. The summed E-state index contributed by atoms with van der Waals surface area (Å²) in [5.74, 6) is -0.655. The van der Waals surface area contributed by atoms with E-state index in [4.69, 9.17) is 5.73 Å². The zero-order chi connectivity index (χ0) is 14.8. The van der Waals surface area contributed by atoms with Crippen molar-refractivity contribution in [2.75, 3.05) is 26.4 Å². The zero-order valence-electron chi connectivity index (χ0n) is 10.2. The van der Waals surface area contributed by atoms with Crippen LogP contribution in [-0.4, -0.2) is 39.4 Å². The van der Waals surface area contributed by atoms with Gasteiger partial charge in [0.2, 0.25) is 10.0 Å². The first-order valence-electron chi connectivity index (χ1n) is 4.97. The second kappa shape index (κ2) is 6.21. The van der Waals surface area contributed by atoms with Crippen LogP contribution in [0.5, 0.6) is 0 Å². The maximum atomic E-state index is 12.3. The number of nitrogen functional groups attached to an aromatic ring is 1. The summed E-state index contributed by atoms with van der Waals surface area (Å²) in [5.41, 5.74) is 5.81. The highest BCUT2D eigenvalue weighted by atomic mass is 79.9. The van der Waals surface area contributed by atoms with Crippen LogP contribution in [0.25, 0.3) is 0 Å². The van der Waals surface area contributed by atoms with Gasteiger partial charge in [-0.15, -0.1) is 0 Å². The van der Waals surface area contributed by atoms with Crippen molar-refractivity contribution in [3.63, 3.8) is 0 Å². The smallest absolute Gasteiger partial charge is 0.321 e. The van der Waals surface area contributed by atoms with Crippen LogP contribution in [0.15, 0.2) is 26.0 Å². The van der Waals surface area contributed by atoms with Gasteiger partial charge in [-0.25, -0.2) is 8.42 Å². The number of carbonyl (C=O) groups is 1. The lowest BCUT2D eigenvalue weighted by Gasteiger charge is -2.18. The SMILES string of the molecule is COC(=O)CN(C)S(=O)(=O)c1c(N)cc(Br)cc1Br. The van der Waals surface area contributed by atoms with E-state index in [-0.39, 0.29) is 17.1 Å². The molecule has 1 aromatic rings. The van der Waals surface area contributed by atoms with Gasteiger partial charge >= 0.3 is 5.97 Å². The Morgan fingerprint density at radius 2 is 2.00 bits per heavy atom. The average molecular weight is 416 g/mol. The van der Waals surface area contributed by atoms with Crippen molar-refractivity contribution < 1.29 is 17.9 Å². The summed E-state index contributed by atoms with van der Waals surface area (Å²) in [5, 5.41) is 0. The molecule has 0 unspecified atom stereocenters. The molecule has 106 valence electrons. The first-order chi connectivity index (χ1) is 8.70. The lowest BCUT2D eigenvalue weighted by atomic mass is 10.3. The number of anilines is 1. The van der Waals surface area contributed by atoms with Crippen LogP contribution in [0.1, 0.15) is 0 Å². The number of halogens is 2. The van der Waals surface area contributed by atoms with Crippen LogP contribution >= 0.6 is 31.9 Å². The number of methoxy groups -OCH3 is 1. The van der Waals surface area contributed by atoms with Crippen LogP contribution in [0.4, 0.5) is 5.69 Å². The van der Waals surface area contributed by atoms with Gasteiger partial charge in [-0.05, 0) is 28.1 Å². The number of ether oxygens (including phenoxy) is 1. The highest BCUT2D eigenvalue weighted by Crippen LogP contribution is 2.33. The molecular formula is C10H12Br2N2O4S. The molecule has 19 heavy (non-hydrogen) atoms. The summed E-state index contributed by atoms with van der Waals surface area (Å²) in [6, 6.07) is 3.04. The Morgan fingerprint density at radius 3 is 2.47 bits per heavy atom. The van der Waals surface area contributed by atoms with Gasteiger partial charge in [0.05, 0.1) is 12.8 Å². The van der Waals surface area contributed by atoms with Crippen LogP contribution in [0, 0.1) is 0 Å². The number of hydrogen-bond acceptors (Lipinski definition) is 5. The van der Waals surface area contributed by atoms with Gasteiger partial charge in [0.25, 0.3) is 0 Å². The Morgan fingerprint density at radius 1 is 1.42 bits per heavy atom. The van der Waals surface area contributed by atoms with Crippen molar-refractivity contribution in [2.45, 2.75) is 4.90 Å². The Balaban J connectivity index is 3.24. The molecule has 0 fully saturated rings. The average Bonchev–Trinajstić information content (AvgIpc) is 2.26.